The third-order valence-electron chi connectivity index (χ3n) is 3.45. The van der Waals surface area contributed by atoms with Crippen molar-refractivity contribution in [1.82, 2.24) is 16.0 Å². The second kappa shape index (κ2) is 11.0. The van der Waals surface area contributed by atoms with Crippen molar-refractivity contribution in [1.29, 1.82) is 0 Å². The van der Waals surface area contributed by atoms with Crippen LogP contribution < -0.4 is 16.0 Å². The van der Waals surface area contributed by atoms with Crippen LogP contribution in [0.2, 0.25) is 0 Å². The van der Waals surface area contributed by atoms with Crippen LogP contribution in [0.15, 0.2) is 24.9 Å². The van der Waals surface area contributed by atoms with E-state index in [0.717, 1.165) is 0 Å². The van der Waals surface area contributed by atoms with Crippen LogP contribution in [0.5, 0.6) is 0 Å². The van der Waals surface area contributed by atoms with E-state index in [9.17, 15) is 19.2 Å². The molecule has 25 heavy (non-hydrogen) atoms. The molecule has 0 aromatic rings. The van der Waals surface area contributed by atoms with Crippen LogP contribution in [0.25, 0.3) is 0 Å². The van der Waals surface area contributed by atoms with E-state index >= 15 is 0 Å². The summed E-state index contributed by atoms with van der Waals surface area (Å²) in [6.07, 6.45) is 2.33. The lowest BCUT2D eigenvalue weighted by molar-refractivity contribution is -0.138. The summed E-state index contributed by atoms with van der Waals surface area (Å²) in [6.45, 7) is 11.7. The van der Waals surface area contributed by atoms with E-state index < -0.39 is 36.4 Å². The standard InChI is InChI=1S/C17H27N3O5/c1-6-7-10(2)12(4)19-14(8-11(3)21)17(25)20-13(5)16(24)18-9-15(22)23/h6,10,13-14,19H,1,4,7-9H2,2-3,5H3,(H,18,24)(H,20,25)(H,22,23)/t10-,13+,14+/m0/s1. The topological polar surface area (TPSA) is 125 Å². The molecule has 8 nitrogen and oxygen atoms in total. The quantitative estimate of drug-likeness (QED) is 0.375. The van der Waals surface area contributed by atoms with Gasteiger partial charge in [-0.2, -0.15) is 0 Å². The van der Waals surface area contributed by atoms with Crippen LogP contribution in [0, 0.1) is 5.92 Å². The van der Waals surface area contributed by atoms with Gasteiger partial charge in [0.2, 0.25) is 11.8 Å². The highest BCUT2D eigenvalue weighted by atomic mass is 16.4. The Balaban J connectivity index is 4.85. The van der Waals surface area contributed by atoms with Crippen LogP contribution >= 0.6 is 0 Å². The predicted octanol–water partition coefficient (Wildman–Crippen LogP) is 0.355. The Hall–Kier alpha value is -2.64. The fourth-order valence-electron chi connectivity index (χ4n) is 1.95. The van der Waals surface area contributed by atoms with Gasteiger partial charge < -0.3 is 21.1 Å². The van der Waals surface area contributed by atoms with Gasteiger partial charge in [-0.05, 0) is 26.2 Å². The Kier molecular flexibility index (Phi) is 9.85. The van der Waals surface area contributed by atoms with Crippen LogP contribution in [0.1, 0.15) is 33.6 Å². The van der Waals surface area contributed by atoms with E-state index in [0.29, 0.717) is 12.1 Å². The molecule has 0 spiro atoms. The number of rotatable bonds is 12. The summed E-state index contributed by atoms with van der Waals surface area (Å²) in [5.74, 6) is -2.53. The molecule has 2 amide bonds. The minimum absolute atomic E-state index is 0.0241. The van der Waals surface area contributed by atoms with Crippen molar-refractivity contribution >= 4 is 23.6 Å². The number of Topliss-reactive ketones (excluding diaryl/α,β-unsaturated/α-hetero) is 1. The zero-order valence-electron chi connectivity index (χ0n) is 14.9. The zero-order valence-corrected chi connectivity index (χ0v) is 14.9. The molecule has 0 radical (unpaired) electrons. The van der Waals surface area contributed by atoms with Gasteiger partial charge in [0.15, 0.2) is 0 Å². The molecule has 3 atom stereocenters. The zero-order chi connectivity index (χ0) is 19.6. The highest BCUT2D eigenvalue weighted by Crippen LogP contribution is 2.12. The Bertz CT molecular complexity index is 544. The maximum atomic E-state index is 12.4. The molecule has 0 aliphatic rings. The molecule has 140 valence electrons. The first kappa shape index (κ1) is 22.4. The number of aliphatic carboxylic acids is 1. The molecule has 0 aromatic carbocycles. The molecule has 8 heteroatoms. The maximum Gasteiger partial charge on any atom is 0.322 e. The second-order valence-electron chi connectivity index (χ2n) is 5.90. The molecule has 0 aliphatic carbocycles. The average molecular weight is 353 g/mol. The second-order valence-corrected chi connectivity index (χ2v) is 5.90. The SMILES string of the molecule is C=CC[C@H](C)C(=C)N[C@H](CC(C)=O)C(=O)N[C@H](C)C(=O)NCC(=O)O. The van der Waals surface area contributed by atoms with Gasteiger partial charge in [0.1, 0.15) is 24.4 Å². The third kappa shape index (κ3) is 9.29. The molecule has 0 heterocycles. The van der Waals surface area contributed by atoms with Gasteiger partial charge in [-0.25, -0.2) is 0 Å². The molecular weight excluding hydrogens is 326 g/mol. The van der Waals surface area contributed by atoms with E-state index in [1.807, 2.05) is 6.92 Å². The van der Waals surface area contributed by atoms with Gasteiger partial charge in [-0.1, -0.05) is 19.6 Å². The van der Waals surface area contributed by atoms with Crippen molar-refractivity contribution < 1.29 is 24.3 Å². The van der Waals surface area contributed by atoms with Gasteiger partial charge >= 0.3 is 5.97 Å². The number of amides is 2. The lowest BCUT2D eigenvalue weighted by Gasteiger charge is -2.24. The molecule has 0 saturated heterocycles. The van der Waals surface area contributed by atoms with Crippen molar-refractivity contribution in [2.75, 3.05) is 6.54 Å². The largest absolute Gasteiger partial charge is 0.480 e. The maximum absolute atomic E-state index is 12.4. The predicted molar refractivity (Wildman–Crippen MR) is 93.6 cm³/mol. The van der Waals surface area contributed by atoms with Crippen LogP contribution in [0.4, 0.5) is 0 Å². The Morgan fingerprint density at radius 1 is 1.12 bits per heavy atom. The van der Waals surface area contributed by atoms with E-state index in [1.165, 1.54) is 13.8 Å². The van der Waals surface area contributed by atoms with Crippen molar-refractivity contribution in [3.8, 4) is 0 Å². The summed E-state index contributed by atoms with van der Waals surface area (Å²) in [6, 6.07) is -1.81. The monoisotopic (exact) mass is 353 g/mol. The number of hydrogen-bond donors (Lipinski definition) is 4. The smallest absolute Gasteiger partial charge is 0.322 e. The molecular formula is C17H27N3O5. The summed E-state index contributed by atoms with van der Waals surface area (Å²) in [5, 5.41) is 16.1. The number of carboxylic acid groups (broad SMARTS) is 1. The summed E-state index contributed by atoms with van der Waals surface area (Å²) in [7, 11) is 0. The van der Waals surface area contributed by atoms with Gasteiger partial charge in [0.05, 0.1) is 0 Å². The highest BCUT2D eigenvalue weighted by molar-refractivity contribution is 5.93. The summed E-state index contributed by atoms with van der Waals surface area (Å²) in [5.41, 5.74) is 0.587. The van der Waals surface area contributed by atoms with Crippen molar-refractivity contribution in [3.05, 3.63) is 24.9 Å². The third-order valence-corrected chi connectivity index (χ3v) is 3.45. The minimum atomic E-state index is -1.18. The van der Waals surface area contributed by atoms with Crippen molar-refractivity contribution in [2.24, 2.45) is 5.92 Å². The van der Waals surface area contributed by atoms with E-state index in [1.54, 1.807) is 6.08 Å². The lowest BCUT2D eigenvalue weighted by atomic mass is 10.0. The Morgan fingerprint density at radius 3 is 2.20 bits per heavy atom. The fourth-order valence-corrected chi connectivity index (χ4v) is 1.95. The Morgan fingerprint density at radius 2 is 1.72 bits per heavy atom. The Labute approximate surface area is 147 Å². The molecule has 0 rings (SSSR count). The number of carbonyl (C=O) groups excluding carboxylic acids is 3. The normalized spacial score (nSPS) is 13.7. The van der Waals surface area contributed by atoms with Gasteiger partial charge in [-0.15, -0.1) is 6.58 Å². The number of hydrogen-bond acceptors (Lipinski definition) is 5. The van der Waals surface area contributed by atoms with E-state index in [2.05, 4.69) is 29.1 Å². The summed E-state index contributed by atoms with van der Waals surface area (Å²) >= 11 is 0. The molecule has 0 aromatic heterocycles. The average Bonchev–Trinajstić information content (AvgIpc) is 2.51. The van der Waals surface area contributed by atoms with E-state index in [4.69, 9.17) is 5.11 Å². The number of nitrogens with one attached hydrogen (secondary N) is 3. The van der Waals surface area contributed by atoms with Crippen molar-refractivity contribution in [3.63, 3.8) is 0 Å². The van der Waals surface area contributed by atoms with E-state index in [-0.39, 0.29) is 18.1 Å². The summed E-state index contributed by atoms with van der Waals surface area (Å²) < 4.78 is 0. The molecule has 0 bridgehead atoms. The van der Waals surface area contributed by atoms with Gasteiger partial charge in [0.25, 0.3) is 0 Å². The molecule has 0 fully saturated rings. The number of ketones is 1. The number of carboxylic acids is 1. The number of carbonyl (C=O) groups is 4. The lowest BCUT2D eigenvalue weighted by Crippen LogP contribution is -2.52. The van der Waals surface area contributed by atoms with Crippen LogP contribution in [-0.4, -0.2) is 47.3 Å². The van der Waals surface area contributed by atoms with Crippen LogP contribution in [-0.2, 0) is 19.2 Å². The molecule has 0 saturated carbocycles. The molecule has 0 aliphatic heterocycles. The van der Waals surface area contributed by atoms with Gasteiger partial charge in [-0.3, -0.25) is 19.2 Å². The van der Waals surface area contributed by atoms with Crippen molar-refractivity contribution in [2.45, 2.75) is 45.7 Å². The fraction of sp³-hybridized carbons (Fsp3) is 0.529. The molecule has 0 unspecified atom stereocenters. The first-order chi connectivity index (χ1) is 11.6. The first-order valence-corrected chi connectivity index (χ1v) is 7.94. The first-order valence-electron chi connectivity index (χ1n) is 7.94. The van der Waals surface area contributed by atoms with Crippen LogP contribution in [0.3, 0.4) is 0 Å². The summed E-state index contributed by atoms with van der Waals surface area (Å²) in [4.78, 5) is 46.0. The molecule has 4 N–H and O–H groups in total. The number of allylic oxidation sites excluding steroid dienone is 2. The highest BCUT2D eigenvalue weighted by Gasteiger charge is 2.25. The minimum Gasteiger partial charge on any atom is -0.480 e. The van der Waals surface area contributed by atoms with Gasteiger partial charge in [0, 0.05) is 12.1 Å².